The summed E-state index contributed by atoms with van der Waals surface area (Å²) in [5.41, 5.74) is 0. The Morgan fingerprint density at radius 2 is 1.62 bits per heavy atom. The highest BCUT2D eigenvalue weighted by Gasteiger charge is 2.40. The molecule has 26 heavy (non-hydrogen) atoms. The summed E-state index contributed by atoms with van der Waals surface area (Å²) in [6.45, 7) is 2.65. The van der Waals surface area contributed by atoms with Gasteiger partial charge in [-0.2, -0.15) is 0 Å². The number of hydrogen-bond acceptors (Lipinski definition) is 5. The third-order valence-electron chi connectivity index (χ3n) is 4.99. The molecule has 1 heterocycles. The highest BCUT2D eigenvalue weighted by molar-refractivity contribution is 4.88. The molecule has 1 aliphatic rings. The molecule has 0 bridgehead atoms. The van der Waals surface area contributed by atoms with Crippen LogP contribution in [0.5, 0.6) is 0 Å². The summed E-state index contributed by atoms with van der Waals surface area (Å²) < 4.78 is 11.0. The van der Waals surface area contributed by atoms with E-state index in [4.69, 9.17) is 14.6 Å². The van der Waals surface area contributed by atoms with Crippen LogP contribution in [-0.4, -0.2) is 59.6 Å². The van der Waals surface area contributed by atoms with Crippen molar-refractivity contribution < 1.29 is 24.8 Å². The van der Waals surface area contributed by atoms with Gasteiger partial charge < -0.3 is 24.8 Å². The molecule has 1 aliphatic heterocycles. The van der Waals surface area contributed by atoms with Gasteiger partial charge >= 0.3 is 0 Å². The van der Waals surface area contributed by atoms with Gasteiger partial charge in [-0.25, -0.2) is 0 Å². The molecule has 154 valence electrons. The second-order valence-corrected chi connectivity index (χ2v) is 7.30. The fraction of sp³-hybridized carbons (Fsp3) is 0.905. The summed E-state index contributed by atoms with van der Waals surface area (Å²) in [5, 5.41) is 28.5. The highest BCUT2D eigenvalue weighted by Crippen LogP contribution is 2.20. The Hall–Kier alpha value is -0.460. The lowest BCUT2D eigenvalue weighted by Crippen LogP contribution is -2.41. The molecule has 1 rings (SSSR count). The van der Waals surface area contributed by atoms with Crippen LogP contribution >= 0.6 is 0 Å². The minimum Gasteiger partial charge on any atom is -0.394 e. The zero-order valence-corrected chi connectivity index (χ0v) is 16.5. The van der Waals surface area contributed by atoms with E-state index in [0.717, 1.165) is 19.3 Å². The van der Waals surface area contributed by atoms with Crippen LogP contribution in [-0.2, 0) is 9.47 Å². The fourth-order valence-electron chi connectivity index (χ4n) is 3.32. The zero-order chi connectivity index (χ0) is 19.0. The third kappa shape index (κ3) is 10.0. The first-order valence-electron chi connectivity index (χ1n) is 10.6. The van der Waals surface area contributed by atoms with E-state index in [0.29, 0.717) is 6.61 Å². The average Bonchev–Trinajstić information content (AvgIpc) is 3.02. The second kappa shape index (κ2) is 15.6. The zero-order valence-electron chi connectivity index (χ0n) is 16.5. The molecule has 0 spiro atoms. The summed E-state index contributed by atoms with van der Waals surface area (Å²) in [5.74, 6) is 0. The molecule has 3 N–H and O–H groups in total. The summed E-state index contributed by atoms with van der Waals surface area (Å²) in [6, 6.07) is 0. The minimum atomic E-state index is -1.05. The van der Waals surface area contributed by atoms with Gasteiger partial charge in [0.2, 0.25) is 0 Å². The maximum Gasteiger partial charge on any atom is 0.114 e. The van der Waals surface area contributed by atoms with Crippen molar-refractivity contribution in [2.75, 3.05) is 19.8 Å². The van der Waals surface area contributed by atoms with Crippen molar-refractivity contribution >= 4 is 0 Å². The van der Waals surface area contributed by atoms with Crippen LogP contribution in [0.1, 0.15) is 77.6 Å². The van der Waals surface area contributed by atoms with Crippen molar-refractivity contribution in [1.82, 2.24) is 0 Å². The Morgan fingerprint density at radius 1 is 1.00 bits per heavy atom. The van der Waals surface area contributed by atoms with Gasteiger partial charge in [-0.1, -0.05) is 64.0 Å². The van der Waals surface area contributed by atoms with Crippen LogP contribution in [0.4, 0.5) is 0 Å². The Balaban J connectivity index is 1.86. The number of hydrogen-bond donors (Lipinski definition) is 3. The standard InChI is InChI=1S/C21H40O5/c1-2-3-4-5-6-7-8-9-10-11-12-13-14-15-25-19-17-26-21(20(19)24)18(23)16-22/h3-4,18-24H,2,5-17H2,1H3/b4-3+/t18-,19+,20+,21+/m0/s1. The molecule has 5 nitrogen and oxygen atoms in total. The lowest BCUT2D eigenvalue weighted by Gasteiger charge is -2.20. The number of rotatable bonds is 16. The van der Waals surface area contributed by atoms with Crippen molar-refractivity contribution in [3.05, 3.63) is 12.2 Å². The Bertz CT molecular complexity index is 347. The largest absolute Gasteiger partial charge is 0.394 e. The summed E-state index contributed by atoms with van der Waals surface area (Å²) in [4.78, 5) is 0. The molecule has 4 atom stereocenters. The van der Waals surface area contributed by atoms with E-state index >= 15 is 0 Å². The number of ether oxygens (including phenoxy) is 2. The lowest BCUT2D eigenvalue weighted by molar-refractivity contribution is -0.0730. The van der Waals surface area contributed by atoms with E-state index in [1.165, 1.54) is 51.4 Å². The Kier molecular flexibility index (Phi) is 14.1. The first kappa shape index (κ1) is 23.6. The van der Waals surface area contributed by atoms with Crippen LogP contribution in [0.3, 0.4) is 0 Å². The Labute approximate surface area is 159 Å². The molecule has 5 heteroatoms. The molecular weight excluding hydrogens is 332 g/mol. The van der Waals surface area contributed by atoms with Gasteiger partial charge in [-0.15, -0.1) is 0 Å². The van der Waals surface area contributed by atoms with Crippen LogP contribution in [0.15, 0.2) is 12.2 Å². The molecular formula is C21H40O5. The number of unbranched alkanes of at least 4 members (excludes halogenated alkanes) is 9. The van der Waals surface area contributed by atoms with Crippen LogP contribution in [0, 0.1) is 0 Å². The van der Waals surface area contributed by atoms with Gasteiger partial charge in [0.25, 0.3) is 0 Å². The molecule has 1 saturated heterocycles. The molecule has 0 amide bonds. The van der Waals surface area contributed by atoms with E-state index < -0.39 is 31.0 Å². The fourth-order valence-corrected chi connectivity index (χ4v) is 3.32. The van der Waals surface area contributed by atoms with Crippen molar-refractivity contribution in [3.63, 3.8) is 0 Å². The molecule has 1 fully saturated rings. The number of aliphatic hydroxyl groups excluding tert-OH is 3. The molecule has 0 saturated carbocycles. The minimum absolute atomic E-state index is 0.275. The number of allylic oxidation sites excluding steroid dienone is 2. The Morgan fingerprint density at radius 3 is 2.23 bits per heavy atom. The van der Waals surface area contributed by atoms with E-state index in [1.807, 2.05) is 0 Å². The highest BCUT2D eigenvalue weighted by atomic mass is 16.6. The van der Waals surface area contributed by atoms with Crippen LogP contribution < -0.4 is 0 Å². The van der Waals surface area contributed by atoms with E-state index in [2.05, 4.69) is 19.1 Å². The smallest absolute Gasteiger partial charge is 0.114 e. The van der Waals surface area contributed by atoms with Gasteiger partial charge in [0.1, 0.15) is 24.4 Å². The van der Waals surface area contributed by atoms with E-state index in [9.17, 15) is 10.2 Å². The molecule has 0 aliphatic carbocycles. The van der Waals surface area contributed by atoms with Crippen LogP contribution in [0.2, 0.25) is 0 Å². The summed E-state index contributed by atoms with van der Waals surface area (Å²) in [6.07, 6.45) is 15.2. The molecule has 0 radical (unpaired) electrons. The van der Waals surface area contributed by atoms with Gasteiger partial charge in [0, 0.05) is 6.61 Å². The predicted octanol–water partition coefficient (Wildman–Crippen LogP) is 3.35. The first-order valence-corrected chi connectivity index (χ1v) is 10.6. The maximum atomic E-state index is 10.0. The van der Waals surface area contributed by atoms with Gasteiger partial charge in [0.05, 0.1) is 13.2 Å². The maximum absolute atomic E-state index is 10.0. The topological polar surface area (TPSA) is 79.2 Å². The molecule has 0 aromatic rings. The van der Waals surface area contributed by atoms with Gasteiger partial charge in [-0.3, -0.25) is 0 Å². The van der Waals surface area contributed by atoms with E-state index in [1.54, 1.807) is 0 Å². The van der Waals surface area contributed by atoms with Crippen LogP contribution in [0.25, 0.3) is 0 Å². The lowest BCUT2D eigenvalue weighted by atomic mass is 10.1. The van der Waals surface area contributed by atoms with Crippen molar-refractivity contribution in [2.45, 2.75) is 102 Å². The normalized spacial score (nSPS) is 24.5. The molecule has 0 aromatic carbocycles. The monoisotopic (exact) mass is 372 g/mol. The van der Waals surface area contributed by atoms with E-state index in [-0.39, 0.29) is 6.61 Å². The van der Waals surface area contributed by atoms with Crippen molar-refractivity contribution in [3.8, 4) is 0 Å². The molecule has 0 unspecified atom stereocenters. The predicted molar refractivity (Wildman–Crippen MR) is 104 cm³/mol. The van der Waals surface area contributed by atoms with Crippen molar-refractivity contribution in [2.24, 2.45) is 0 Å². The second-order valence-electron chi connectivity index (χ2n) is 7.30. The quantitative estimate of drug-likeness (QED) is 0.286. The third-order valence-corrected chi connectivity index (χ3v) is 4.99. The van der Waals surface area contributed by atoms with Crippen molar-refractivity contribution in [1.29, 1.82) is 0 Å². The summed E-state index contributed by atoms with van der Waals surface area (Å²) >= 11 is 0. The van der Waals surface area contributed by atoms with Gasteiger partial charge in [0.15, 0.2) is 0 Å². The molecule has 0 aromatic heterocycles. The van der Waals surface area contributed by atoms with Gasteiger partial charge in [-0.05, 0) is 25.7 Å². The number of aliphatic hydroxyl groups is 3. The first-order chi connectivity index (χ1) is 12.7. The average molecular weight is 373 g/mol. The summed E-state index contributed by atoms with van der Waals surface area (Å²) in [7, 11) is 0. The SMILES string of the molecule is CC/C=C/CCCCCCCCCCCO[C@@H]1CO[C@H]([C@@H](O)CO)[C@@H]1O.